The summed E-state index contributed by atoms with van der Waals surface area (Å²) in [5, 5.41) is 3.34. The van der Waals surface area contributed by atoms with Crippen LogP contribution in [-0.2, 0) is 4.74 Å². The van der Waals surface area contributed by atoms with Crippen molar-refractivity contribution in [3.63, 3.8) is 0 Å². The molecule has 1 N–H and O–H groups in total. The van der Waals surface area contributed by atoms with E-state index in [9.17, 15) is 0 Å². The van der Waals surface area contributed by atoms with Crippen molar-refractivity contribution in [3.05, 3.63) is 40.9 Å². The minimum absolute atomic E-state index is 0.0286. The number of hydrogen-bond donors (Lipinski definition) is 1. The predicted molar refractivity (Wildman–Crippen MR) is 79.4 cm³/mol. The number of aromatic nitrogens is 2. The molecule has 0 spiro atoms. The molecule has 3 rings (SSSR count). The van der Waals surface area contributed by atoms with Crippen molar-refractivity contribution in [1.29, 1.82) is 0 Å². The number of ether oxygens (including phenoxy) is 2. The summed E-state index contributed by atoms with van der Waals surface area (Å²) in [6.07, 6.45) is 3.68. The van der Waals surface area contributed by atoms with E-state index in [1.807, 2.05) is 29.0 Å². The van der Waals surface area contributed by atoms with Gasteiger partial charge in [0.2, 0.25) is 0 Å². The fraction of sp³-hybridized carbons (Fsp3) is 0.357. The van der Waals surface area contributed by atoms with Gasteiger partial charge in [-0.2, -0.15) is 0 Å². The van der Waals surface area contributed by atoms with E-state index in [-0.39, 0.29) is 6.10 Å². The van der Waals surface area contributed by atoms with E-state index in [1.165, 1.54) is 0 Å². The molecule has 5 nitrogen and oxygen atoms in total. The molecule has 1 fully saturated rings. The minimum Gasteiger partial charge on any atom is -0.495 e. The lowest BCUT2D eigenvalue weighted by Gasteiger charge is -2.24. The monoisotopic (exact) mass is 337 g/mol. The Kier molecular flexibility index (Phi) is 4.05. The first kappa shape index (κ1) is 13.6. The average molecular weight is 338 g/mol. The summed E-state index contributed by atoms with van der Waals surface area (Å²) in [7, 11) is 1.66. The third kappa shape index (κ3) is 2.59. The maximum absolute atomic E-state index is 5.80. The molecular formula is C14H16BrN3O2. The number of nitrogens with zero attached hydrogens (tertiary/aromatic N) is 2. The van der Waals surface area contributed by atoms with Gasteiger partial charge in [0, 0.05) is 19.2 Å². The van der Waals surface area contributed by atoms with Gasteiger partial charge in [-0.15, -0.1) is 0 Å². The lowest BCUT2D eigenvalue weighted by molar-refractivity contribution is 0.0240. The third-order valence-electron chi connectivity index (χ3n) is 3.34. The van der Waals surface area contributed by atoms with Crippen LogP contribution in [0.1, 0.15) is 11.8 Å². The molecule has 1 aromatic carbocycles. The van der Waals surface area contributed by atoms with Crippen LogP contribution in [0.3, 0.4) is 0 Å². The van der Waals surface area contributed by atoms with E-state index in [4.69, 9.17) is 9.47 Å². The van der Waals surface area contributed by atoms with Gasteiger partial charge in [0.1, 0.15) is 11.9 Å². The second kappa shape index (κ2) is 5.95. The van der Waals surface area contributed by atoms with Crippen LogP contribution in [0.4, 0.5) is 0 Å². The molecule has 20 heavy (non-hydrogen) atoms. The van der Waals surface area contributed by atoms with Crippen LogP contribution in [0, 0.1) is 0 Å². The SMILES string of the molecule is COc1cc(-n2cncc2C2CNCCO2)ccc1Br. The smallest absolute Gasteiger partial charge is 0.135 e. The van der Waals surface area contributed by atoms with Crippen LogP contribution in [0.15, 0.2) is 35.2 Å². The Morgan fingerprint density at radius 1 is 1.50 bits per heavy atom. The van der Waals surface area contributed by atoms with E-state index in [1.54, 1.807) is 13.4 Å². The molecule has 1 unspecified atom stereocenters. The molecular weight excluding hydrogens is 322 g/mol. The van der Waals surface area contributed by atoms with Gasteiger partial charge in [0.05, 0.1) is 42.1 Å². The number of rotatable bonds is 3. The highest BCUT2D eigenvalue weighted by Gasteiger charge is 2.20. The molecule has 2 aromatic rings. The Morgan fingerprint density at radius 3 is 3.15 bits per heavy atom. The van der Waals surface area contributed by atoms with Crippen LogP contribution < -0.4 is 10.1 Å². The molecule has 0 amide bonds. The predicted octanol–water partition coefficient (Wildman–Crippen LogP) is 2.30. The van der Waals surface area contributed by atoms with Crippen LogP contribution in [0.2, 0.25) is 0 Å². The summed E-state index contributed by atoms with van der Waals surface area (Å²) in [5.41, 5.74) is 2.05. The Balaban J connectivity index is 1.96. The molecule has 1 saturated heterocycles. The highest BCUT2D eigenvalue weighted by Crippen LogP contribution is 2.29. The normalized spacial score (nSPS) is 19.0. The van der Waals surface area contributed by atoms with Crippen LogP contribution in [0.25, 0.3) is 5.69 Å². The first-order valence-electron chi connectivity index (χ1n) is 6.48. The maximum Gasteiger partial charge on any atom is 0.135 e. The number of morpholine rings is 1. The van der Waals surface area contributed by atoms with Crippen molar-refractivity contribution < 1.29 is 9.47 Å². The summed E-state index contributed by atoms with van der Waals surface area (Å²) < 4.78 is 14.1. The standard InChI is InChI=1S/C14H16BrN3O2/c1-19-13-6-10(2-3-11(13)15)18-9-17-7-12(18)14-8-16-4-5-20-14/h2-3,6-7,9,14,16H,4-5,8H2,1H3. The Morgan fingerprint density at radius 2 is 2.40 bits per heavy atom. The molecule has 0 bridgehead atoms. The van der Waals surface area contributed by atoms with Gasteiger partial charge in [-0.3, -0.25) is 0 Å². The zero-order valence-electron chi connectivity index (χ0n) is 11.2. The molecule has 0 radical (unpaired) electrons. The zero-order chi connectivity index (χ0) is 13.9. The fourth-order valence-electron chi connectivity index (χ4n) is 2.31. The molecule has 2 heterocycles. The number of benzene rings is 1. The summed E-state index contributed by atoms with van der Waals surface area (Å²) in [6, 6.07) is 5.97. The molecule has 106 valence electrons. The van der Waals surface area contributed by atoms with Crippen molar-refractivity contribution in [2.45, 2.75) is 6.10 Å². The molecule has 6 heteroatoms. The van der Waals surface area contributed by atoms with Crippen molar-refractivity contribution in [2.75, 3.05) is 26.8 Å². The van der Waals surface area contributed by atoms with Gasteiger partial charge in [0.25, 0.3) is 0 Å². The van der Waals surface area contributed by atoms with Gasteiger partial charge >= 0.3 is 0 Å². The highest BCUT2D eigenvalue weighted by molar-refractivity contribution is 9.10. The Labute approximate surface area is 126 Å². The number of imidazole rings is 1. The van der Waals surface area contributed by atoms with Gasteiger partial charge in [-0.1, -0.05) is 0 Å². The lowest BCUT2D eigenvalue weighted by atomic mass is 10.2. The molecule has 1 aliphatic rings. The van der Waals surface area contributed by atoms with Crippen LogP contribution >= 0.6 is 15.9 Å². The number of methoxy groups -OCH3 is 1. The summed E-state index contributed by atoms with van der Waals surface area (Å²) in [5.74, 6) is 0.796. The lowest BCUT2D eigenvalue weighted by Crippen LogP contribution is -2.34. The highest BCUT2D eigenvalue weighted by atomic mass is 79.9. The summed E-state index contributed by atoms with van der Waals surface area (Å²) in [6.45, 7) is 2.43. The quantitative estimate of drug-likeness (QED) is 0.933. The van der Waals surface area contributed by atoms with Crippen molar-refractivity contribution in [1.82, 2.24) is 14.9 Å². The first-order valence-corrected chi connectivity index (χ1v) is 7.27. The molecule has 1 aliphatic heterocycles. The Hall–Kier alpha value is -1.37. The molecule has 0 aliphatic carbocycles. The zero-order valence-corrected chi connectivity index (χ0v) is 12.8. The van der Waals surface area contributed by atoms with Gasteiger partial charge in [-0.25, -0.2) is 4.98 Å². The fourth-order valence-corrected chi connectivity index (χ4v) is 2.72. The Bertz CT molecular complexity index is 594. The van der Waals surface area contributed by atoms with Gasteiger partial charge < -0.3 is 19.4 Å². The van der Waals surface area contributed by atoms with Crippen molar-refractivity contribution in [2.24, 2.45) is 0 Å². The minimum atomic E-state index is 0.0286. The van der Waals surface area contributed by atoms with Crippen molar-refractivity contribution in [3.8, 4) is 11.4 Å². The van der Waals surface area contributed by atoms with E-state index < -0.39 is 0 Å². The number of hydrogen-bond acceptors (Lipinski definition) is 4. The van der Waals surface area contributed by atoms with Crippen LogP contribution in [0.5, 0.6) is 5.75 Å². The second-order valence-corrected chi connectivity index (χ2v) is 5.43. The van der Waals surface area contributed by atoms with E-state index in [2.05, 4.69) is 26.2 Å². The summed E-state index contributed by atoms with van der Waals surface area (Å²) in [4.78, 5) is 4.25. The van der Waals surface area contributed by atoms with E-state index >= 15 is 0 Å². The summed E-state index contributed by atoms with van der Waals surface area (Å²) >= 11 is 3.46. The van der Waals surface area contributed by atoms with Gasteiger partial charge in [0.15, 0.2) is 0 Å². The van der Waals surface area contributed by atoms with E-state index in [0.29, 0.717) is 0 Å². The molecule has 1 atom stereocenters. The van der Waals surface area contributed by atoms with E-state index in [0.717, 1.165) is 41.3 Å². The third-order valence-corrected chi connectivity index (χ3v) is 3.99. The maximum atomic E-state index is 5.80. The molecule has 1 aromatic heterocycles. The number of halogens is 1. The van der Waals surface area contributed by atoms with Crippen molar-refractivity contribution >= 4 is 15.9 Å². The first-order chi connectivity index (χ1) is 9.79. The number of nitrogens with one attached hydrogen (secondary N) is 1. The van der Waals surface area contributed by atoms with Crippen LogP contribution in [-0.4, -0.2) is 36.4 Å². The topological polar surface area (TPSA) is 48.3 Å². The van der Waals surface area contributed by atoms with Gasteiger partial charge in [-0.05, 0) is 28.1 Å². The second-order valence-electron chi connectivity index (χ2n) is 4.57. The molecule has 0 saturated carbocycles. The largest absolute Gasteiger partial charge is 0.495 e. The average Bonchev–Trinajstić information content (AvgIpc) is 2.98.